The van der Waals surface area contributed by atoms with Crippen molar-refractivity contribution in [2.75, 3.05) is 5.32 Å². The quantitative estimate of drug-likeness (QED) is 0.676. The van der Waals surface area contributed by atoms with Crippen LogP contribution in [-0.2, 0) is 6.54 Å². The van der Waals surface area contributed by atoms with Crippen LogP contribution in [0, 0.1) is 6.92 Å². The molecule has 8 heteroatoms. The Morgan fingerprint density at radius 1 is 1.33 bits per heavy atom. The van der Waals surface area contributed by atoms with Gasteiger partial charge in [0.05, 0.1) is 22.2 Å². The Balaban J connectivity index is 1.94. The molecule has 0 bridgehead atoms. The highest BCUT2D eigenvalue weighted by molar-refractivity contribution is 7.20. The van der Waals surface area contributed by atoms with Gasteiger partial charge >= 0.3 is 5.97 Å². The average Bonchev–Trinajstić information content (AvgIpc) is 2.99. The number of nitrogens with one attached hydrogen (secondary N) is 1. The van der Waals surface area contributed by atoms with Crippen molar-refractivity contribution in [2.24, 2.45) is 0 Å². The molecule has 0 aliphatic carbocycles. The van der Waals surface area contributed by atoms with Crippen molar-refractivity contribution in [3.63, 3.8) is 0 Å². The summed E-state index contributed by atoms with van der Waals surface area (Å²) in [6, 6.07) is 6.01. The van der Waals surface area contributed by atoms with Gasteiger partial charge in [0.15, 0.2) is 0 Å². The Labute approximate surface area is 159 Å². The van der Waals surface area contributed by atoms with E-state index in [9.17, 15) is 14.4 Å². The molecule has 0 spiro atoms. The van der Waals surface area contributed by atoms with Crippen LogP contribution in [0.2, 0.25) is 0 Å². The number of rotatable bonds is 6. The lowest BCUT2D eigenvalue weighted by molar-refractivity contribution is 0.0696. The van der Waals surface area contributed by atoms with E-state index in [1.807, 2.05) is 0 Å². The van der Waals surface area contributed by atoms with Gasteiger partial charge in [-0.25, -0.2) is 9.78 Å². The number of amides is 1. The molecule has 140 valence electrons. The second-order valence-electron chi connectivity index (χ2n) is 6.17. The largest absolute Gasteiger partial charge is 0.478 e. The summed E-state index contributed by atoms with van der Waals surface area (Å²) in [6.07, 6.45) is 3.37. The number of carbonyl (C=O) groups is 2. The minimum atomic E-state index is -1.07. The summed E-state index contributed by atoms with van der Waals surface area (Å²) in [7, 11) is 0. The number of aromatic nitrogens is 2. The van der Waals surface area contributed by atoms with Gasteiger partial charge in [0.2, 0.25) is 0 Å². The predicted molar refractivity (Wildman–Crippen MR) is 105 cm³/mol. The van der Waals surface area contributed by atoms with E-state index in [0.29, 0.717) is 32.9 Å². The van der Waals surface area contributed by atoms with Gasteiger partial charge in [-0.3, -0.25) is 14.2 Å². The molecule has 3 rings (SSSR count). The first kappa shape index (κ1) is 18.8. The minimum Gasteiger partial charge on any atom is -0.478 e. The molecule has 0 unspecified atom stereocenters. The van der Waals surface area contributed by atoms with Crippen molar-refractivity contribution < 1.29 is 14.7 Å². The van der Waals surface area contributed by atoms with Crippen LogP contribution in [0.25, 0.3) is 10.2 Å². The summed E-state index contributed by atoms with van der Waals surface area (Å²) in [4.78, 5) is 41.7. The van der Waals surface area contributed by atoms with Crippen LogP contribution in [0.5, 0.6) is 0 Å². The Morgan fingerprint density at radius 2 is 2.11 bits per heavy atom. The van der Waals surface area contributed by atoms with E-state index < -0.39 is 11.9 Å². The van der Waals surface area contributed by atoms with Gasteiger partial charge < -0.3 is 10.4 Å². The van der Waals surface area contributed by atoms with Crippen LogP contribution in [0.1, 0.15) is 45.4 Å². The van der Waals surface area contributed by atoms with E-state index in [-0.39, 0.29) is 11.1 Å². The van der Waals surface area contributed by atoms with E-state index in [0.717, 1.165) is 24.2 Å². The molecule has 0 radical (unpaired) electrons. The number of aryl methyl sites for hydroxylation is 2. The van der Waals surface area contributed by atoms with Gasteiger partial charge in [0.25, 0.3) is 11.5 Å². The third-order valence-electron chi connectivity index (χ3n) is 4.24. The number of hydrogen-bond donors (Lipinski definition) is 2. The maximum Gasteiger partial charge on any atom is 0.335 e. The Bertz CT molecular complexity index is 1080. The number of carbonyl (C=O) groups excluding carboxylic acids is 1. The molecule has 0 saturated carbocycles. The second kappa shape index (κ2) is 7.71. The third-order valence-corrected chi connectivity index (χ3v) is 5.44. The summed E-state index contributed by atoms with van der Waals surface area (Å²) in [5, 5.41) is 12.2. The van der Waals surface area contributed by atoms with E-state index in [1.54, 1.807) is 23.6 Å². The summed E-state index contributed by atoms with van der Waals surface area (Å²) in [5.41, 5.74) is 0.908. The maximum atomic E-state index is 12.7. The molecule has 2 aromatic heterocycles. The molecule has 1 amide bonds. The highest BCUT2D eigenvalue weighted by atomic mass is 32.1. The molecule has 2 heterocycles. The summed E-state index contributed by atoms with van der Waals surface area (Å²) >= 11 is 1.16. The topological polar surface area (TPSA) is 101 Å². The first-order valence-corrected chi connectivity index (χ1v) is 9.37. The normalized spacial score (nSPS) is 10.9. The lowest BCUT2D eigenvalue weighted by Crippen LogP contribution is -2.20. The number of carboxylic acid groups (broad SMARTS) is 1. The van der Waals surface area contributed by atoms with Gasteiger partial charge in [0, 0.05) is 12.2 Å². The fourth-order valence-electron chi connectivity index (χ4n) is 2.78. The number of benzene rings is 1. The predicted octanol–water partition coefficient (Wildman–Crippen LogP) is 3.52. The fraction of sp³-hybridized carbons (Fsp3) is 0.263. The molecule has 0 aliphatic heterocycles. The smallest absolute Gasteiger partial charge is 0.335 e. The van der Waals surface area contributed by atoms with Gasteiger partial charge in [0.1, 0.15) is 4.83 Å². The molecule has 27 heavy (non-hydrogen) atoms. The standard InChI is InChI=1S/C19H19N3O4S/c1-3-4-8-22-10-20-17-14(18(22)24)11(2)15(27-17)16(23)21-13-7-5-6-12(9-13)19(25)26/h5-7,9-10H,3-4,8H2,1-2H3,(H,21,23)(H,25,26). The van der Waals surface area contributed by atoms with Crippen LogP contribution in [0.3, 0.4) is 0 Å². The highest BCUT2D eigenvalue weighted by Gasteiger charge is 2.20. The van der Waals surface area contributed by atoms with Gasteiger partial charge in [-0.1, -0.05) is 19.4 Å². The molecular formula is C19H19N3O4S. The molecule has 0 atom stereocenters. The van der Waals surface area contributed by atoms with Crippen LogP contribution < -0.4 is 10.9 Å². The summed E-state index contributed by atoms with van der Waals surface area (Å²) < 4.78 is 1.57. The van der Waals surface area contributed by atoms with Crippen LogP contribution >= 0.6 is 11.3 Å². The number of nitrogens with zero attached hydrogens (tertiary/aromatic N) is 2. The Kier molecular flexibility index (Phi) is 5.36. The molecule has 0 saturated heterocycles. The summed E-state index contributed by atoms with van der Waals surface area (Å²) in [5.74, 6) is -1.46. The Morgan fingerprint density at radius 3 is 2.81 bits per heavy atom. The number of aromatic carboxylic acids is 1. The lowest BCUT2D eigenvalue weighted by Gasteiger charge is -2.05. The van der Waals surface area contributed by atoms with E-state index in [4.69, 9.17) is 5.11 Å². The monoisotopic (exact) mass is 385 g/mol. The zero-order chi connectivity index (χ0) is 19.6. The fourth-order valence-corrected chi connectivity index (χ4v) is 3.82. The number of anilines is 1. The molecule has 3 aromatic rings. The van der Waals surface area contributed by atoms with Crippen molar-refractivity contribution in [2.45, 2.75) is 33.2 Å². The maximum absolute atomic E-state index is 12.7. The van der Waals surface area contributed by atoms with Crippen molar-refractivity contribution in [3.05, 3.63) is 57.0 Å². The number of thiophene rings is 1. The molecule has 0 fully saturated rings. The van der Waals surface area contributed by atoms with Crippen LogP contribution in [0.15, 0.2) is 35.4 Å². The minimum absolute atomic E-state index is 0.0846. The zero-order valence-electron chi connectivity index (χ0n) is 15.0. The van der Waals surface area contributed by atoms with Crippen LogP contribution in [0.4, 0.5) is 5.69 Å². The number of hydrogen-bond acceptors (Lipinski definition) is 5. The van der Waals surface area contributed by atoms with Crippen molar-refractivity contribution in [1.29, 1.82) is 0 Å². The molecule has 7 nitrogen and oxygen atoms in total. The number of carboxylic acids is 1. The van der Waals surface area contributed by atoms with Crippen molar-refractivity contribution in [3.8, 4) is 0 Å². The van der Waals surface area contributed by atoms with Crippen LogP contribution in [-0.4, -0.2) is 26.5 Å². The molecule has 0 aliphatic rings. The molecular weight excluding hydrogens is 366 g/mol. The molecule has 2 N–H and O–H groups in total. The third kappa shape index (κ3) is 3.75. The van der Waals surface area contributed by atoms with Crippen molar-refractivity contribution in [1.82, 2.24) is 9.55 Å². The Hall–Kier alpha value is -3.00. The highest BCUT2D eigenvalue weighted by Crippen LogP contribution is 2.27. The van der Waals surface area contributed by atoms with Gasteiger partial charge in [-0.05, 0) is 37.1 Å². The summed E-state index contributed by atoms with van der Waals surface area (Å²) in [6.45, 7) is 4.38. The second-order valence-corrected chi connectivity index (χ2v) is 7.17. The van der Waals surface area contributed by atoms with E-state index in [2.05, 4.69) is 17.2 Å². The lowest BCUT2D eigenvalue weighted by atomic mass is 10.2. The zero-order valence-corrected chi connectivity index (χ0v) is 15.8. The first-order chi connectivity index (χ1) is 12.9. The van der Waals surface area contributed by atoms with E-state index in [1.165, 1.54) is 18.5 Å². The van der Waals surface area contributed by atoms with Gasteiger partial charge in [-0.2, -0.15) is 0 Å². The number of unbranched alkanes of at least 4 members (excludes halogenated alkanes) is 1. The van der Waals surface area contributed by atoms with Gasteiger partial charge in [-0.15, -0.1) is 11.3 Å². The van der Waals surface area contributed by atoms with Crippen molar-refractivity contribution >= 4 is 39.1 Å². The van der Waals surface area contributed by atoms with E-state index >= 15 is 0 Å². The first-order valence-electron chi connectivity index (χ1n) is 8.55. The molecule has 1 aromatic carbocycles. The SMILES string of the molecule is CCCCn1cnc2sc(C(=O)Nc3cccc(C(=O)O)c3)c(C)c2c1=O. The number of fused-ring (bicyclic) bond motifs is 1. The average molecular weight is 385 g/mol.